The third-order valence-corrected chi connectivity index (χ3v) is 4.05. The molecule has 0 bridgehead atoms. The highest BCUT2D eigenvalue weighted by Crippen LogP contribution is 2.32. The number of aromatic nitrogens is 3. The topological polar surface area (TPSA) is 76.0 Å². The Hall–Kier alpha value is -2.47. The van der Waals surface area contributed by atoms with Crippen LogP contribution in [0.4, 0.5) is 0 Å². The van der Waals surface area contributed by atoms with Crippen molar-refractivity contribution in [2.24, 2.45) is 0 Å². The summed E-state index contributed by atoms with van der Waals surface area (Å²) in [5.74, 6) is -1.00. The van der Waals surface area contributed by atoms with E-state index in [1.165, 1.54) is 17.8 Å². The van der Waals surface area contributed by atoms with E-state index in [2.05, 4.69) is 15.2 Å². The lowest BCUT2D eigenvalue weighted by Crippen LogP contribution is -2.01. The largest absolute Gasteiger partial charge is 0.478 e. The molecule has 104 valence electrons. The highest BCUT2D eigenvalue weighted by Gasteiger charge is 2.15. The van der Waals surface area contributed by atoms with E-state index in [0.29, 0.717) is 10.1 Å². The van der Waals surface area contributed by atoms with Crippen LogP contribution in [0.3, 0.4) is 0 Å². The van der Waals surface area contributed by atoms with E-state index in [0.717, 1.165) is 16.5 Å². The van der Waals surface area contributed by atoms with Crippen LogP contribution in [0, 0.1) is 6.92 Å². The van der Waals surface area contributed by atoms with Gasteiger partial charge in [-0.1, -0.05) is 24.3 Å². The normalized spacial score (nSPS) is 10.7. The molecule has 0 saturated carbocycles. The maximum atomic E-state index is 11.2. The quantitative estimate of drug-likeness (QED) is 0.800. The van der Waals surface area contributed by atoms with E-state index in [9.17, 15) is 9.90 Å². The molecule has 2 aromatic heterocycles. The summed E-state index contributed by atoms with van der Waals surface area (Å²) < 4.78 is 0. The van der Waals surface area contributed by atoms with Gasteiger partial charge in [0.15, 0.2) is 0 Å². The van der Waals surface area contributed by atoms with E-state index in [4.69, 9.17) is 0 Å². The Labute approximate surface area is 125 Å². The second kappa shape index (κ2) is 5.49. The van der Waals surface area contributed by atoms with Crippen LogP contribution in [0.25, 0.3) is 10.8 Å². The van der Waals surface area contributed by atoms with Crippen molar-refractivity contribution in [1.82, 2.24) is 15.2 Å². The molecular weight excluding hydrogens is 286 g/mol. The molecule has 0 fully saturated rings. The first kappa shape index (κ1) is 13.5. The number of pyridine rings is 1. The van der Waals surface area contributed by atoms with E-state index in [-0.39, 0.29) is 5.56 Å². The van der Waals surface area contributed by atoms with Crippen molar-refractivity contribution in [3.8, 4) is 0 Å². The first-order valence-electron chi connectivity index (χ1n) is 6.25. The van der Waals surface area contributed by atoms with Gasteiger partial charge >= 0.3 is 5.97 Å². The first-order chi connectivity index (χ1) is 10.2. The highest BCUT2D eigenvalue weighted by molar-refractivity contribution is 7.99. The Morgan fingerprint density at radius 1 is 1.05 bits per heavy atom. The van der Waals surface area contributed by atoms with Gasteiger partial charge in [-0.25, -0.2) is 9.78 Å². The average molecular weight is 297 g/mol. The van der Waals surface area contributed by atoms with Crippen molar-refractivity contribution < 1.29 is 9.90 Å². The van der Waals surface area contributed by atoms with Gasteiger partial charge in [0, 0.05) is 17.0 Å². The molecule has 0 atom stereocenters. The van der Waals surface area contributed by atoms with E-state index in [1.54, 1.807) is 12.3 Å². The van der Waals surface area contributed by atoms with Gasteiger partial charge in [0.2, 0.25) is 0 Å². The Balaban J connectivity index is 2.11. The molecule has 0 radical (unpaired) electrons. The fraction of sp³-hybridized carbons (Fsp3) is 0.0667. The molecular formula is C15H11N3O2S. The number of rotatable bonds is 3. The number of aromatic carboxylic acids is 1. The number of hydrogen-bond acceptors (Lipinski definition) is 5. The van der Waals surface area contributed by atoms with Gasteiger partial charge in [0.05, 0.1) is 11.3 Å². The fourth-order valence-electron chi connectivity index (χ4n) is 2.02. The minimum Gasteiger partial charge on any atom is -0.478 e. The lowest BCUT2D eigenvalue weighted by Gasteiger charge is -2.07. The SMILES string of the molecule is Cc1nnc(Sc2ncccc2C(=O)O)c2ccccc12. The molecule has 6 heteroatoms. The molecule has 0 saturated heterocycles. The molecule has 0 spiro atoms. The molecule has 5 nitrogen and oxygen atoms in total. The Kier molecular flexibility index (Phi) is 3.53. The molecule has 1 N–H and O–H groups in total. The van der Waals surface area contributed by atoms with Crippen LogP contribution in [0.1, 0.15) is 16.1 Å². The number of fused-ring (bicyclic) bond motifs is 1. The lowest BCUT2D eigenvalue weighted by molar-refractivity contribution is 0.0692. The predicted molar refractivity (Wildman–Crippen MR) is 79.6 cm³/mol. The third-order valence-electron chi connectivity index (χ3n) is 3.03. The molecule has 0 aliphatic heterocycles. The molecule has 0 aliphatic rings. The van der Waals surface area contributed by atoms with Crippen molar-refractivity contribution in [3.05, 3.63) is 53.9 Å². The van der Waals surface area contributed by atoms with Crippen molar-refractivity contribution in [3.63, 3.8) is 0 Å². The molecule has 21 heavy (non-hydrogen) atoms. The summed E-state index contributed by atoms with van der Waals surface area (Å²) in [6, 6.07) is 10.9. The molecule has 2 heterocycles. The van der Waals surface area contributed by atoms with E-state index < -0.39 is 5.97 Å². The van der Waals surface area contributed by atoms with Crippen molar-refractivity contribution in [2.75, 3.05) is 0 Å². The summed E-state index contributed by atoms with van der Waals surface area (Å²) >= 11 is 1.22. The number of carboxylic acid groups (broad SMARTS) is 1. The van der Waals surface area contributed by atoms with Crippen LogP contribution in [0.2, 0.25) is 0 Å². The minimum absolute atomic E-state index is 0.161. The van der Waals surface area contributed by atoms with Gasteiger partial charge in [-0.05, 0) is 30.8 Å². The number of carboxylic acids is 1. The monoisotopic (exact) mass is 297 g/mol. The van der Waals surface area contributed by atoms with Crippen LogP contribution in [0.15, 0.2) is 52.6 Å². The number of aryl methyl sites for hydroxylation is 1. The molecule has 0 unspecified atom stereocenters. The van der Waals surface area contributed by atoms with Gasteiger partial charge in [0.1, 0.15) is 10.1 Å². The summed E-state index contributed by atoms with van der Waals surface area (Å²) in [6.45, 7) is 1.90. The van der Waals surface area contributed by atoms with Gasteiger partial charge in [-0.2, -0.15) is 5.10 Å². The van der Waals surface area contributed by atoms with Crippen LogP contribution in [-0.2, 0) is 0 Å². The zero-order valence-corrected chi connectivity index (χ0v) is 12.0. The van der Waals surface area contributed by atoms with Gasteiger partial charge < -0.3 is 5.11 Å². The average Bonchev–Trinajstić information content (AvgIpc) is 2.51. The molecule has 3 aromatic rings. The Bertz CT molecular complexity index is 836. The summed E-state index contributed by atoms with van der Waals surface area (Å²) in [5.41, 5.74) is 1.00. The minimum atomic E-state index is -1.00. The summed E-state index contributed by atoms with van der Waals surface area (Å²) in [5, 5.41) is 20.5. The standard InChI is InChI=1S/C15H11N3O2S/c1-9-10-5-2-3-6-11(10)14(18-17-9)21-13-12(15(19)20)7-4-8-16-13/h2-8H,1H3,(H,19,20). The Morgan fingerprint density at radius 2 is 1.81 bits per heavy atom. The summed E-state index contributed by atoms with van der Waals surface area (Å²) in [6.07, 6.45) is 1.57. The number of carbonyl (C=O) groups is 1. The smallest absolute Gasteiger partial charge is 0.338 e. The number of hydrogen-bond donors (Lipinski definition) is 1. The third kappa shape index (κ3) is 2.57. The molecule has 3 rings (SSSR count). The van der Waals surface area contributed by atoms with E-state index >= 15 is 0 Å². The predicted octanol–water partition coefficient (Wildman–Crippen LogP) is 3.18. The number of nitrogens with zero attached hydrogens (tertiary/aromatic N) is 3. The maximum Gasteiger partial charge on any atom is 0.338 e. The van der Waals surface area contributed by atoms with Gasteiger partial charge in [0.25, 0.3) is 0 Å². The van der Waals surface area contributed by atoms with Gasteiger partial charge in [-0.15, -0.1) is 5.10 Å². The second-order valence-corrected chi connectivity index (χ2v) is 5.38. The Morgan fingerprint density at radius 3 is 2.57 bits per heavy atom. The summed E-state index contributed by atoms with van der Waals surface area (Å²) in [7, 11) is 0. The van der Waals surface area contributed by atoms with Crippen LogP contribution < -0.4 is 0 Å². The molecule has 1 aromatic carbocycles. The maximum absolute atomic E-state index is 11.2. The van der Waals surface area contributed by atoms with Crippen molar-refractivity contribution >= 4 is 28.5 Å². The zero-order chi connectivity index (χ0) is 14.8. The fourth-order valence-corrected chi connectivity index (χ4v) is 2.95. The molecule has 0 aliphatic carbocycles. The highest BCUT2D eigenvalue weighted by atomic mass is 32.2. The first-order valence-corrected chi connectivity index (χ1v) is 7.06. The number of benzene rings is 1. The van der Waals surface area contributed by atoms with E-state index in [1.807, 2.05) is 31.2 Å². The summed E-state index contributed by atoms with van der Waals surface area (Å²) in [4.78, 5) is 15.4. The van der Waals surface area contributed by atoms with Crippen molar-refractivity contribution in [2.45, 2.75) is 17.0 Å². The van der Waals surface area contributed by atoms with Crippen molar-refractivity contribution in [1.29, 1.82) is 0 Å². The van der Waals surface area contributed by atoms with Crippen LogP contribution in [-0.4, -0.2) is 26.3 Å². The molecule has 0 amide bonds. The lowest BCUT2D eigenvalue weighted by atomic mass is 10.1. The van der Waals surface area contributed by atoms with Crippen LogP contribution in [0.5, 0.6) is 0 Å². The van der Waals surface area contributed by atoms with Gasteiger partial charge in [-0.3, -0.25) is 0 Å². The second-order valence-electron chi connectivity index (χ2n) is 4.40. The van der Waals surface area contributed by atoms with Crippen LogP contribution >= 0.6 is 11.8 Å². The zero-order valence-electron chi connectivity index (χ0n) is 11.1.